The largest absolute Gasteiger partial charge is 0.457 e. The molecule has 5 rings (SSSR count). The maximum atomic E-state index is 14.3. The molecule has 2 atom stereocenters. The number of piperidine rings is 1. The molecule has 8 heteroatoms. The first-order valence-corrected chi connectivity index (χ1v) is 13.1. The van der Waals surface area contributed by atoms with Crippen molar-refractivity contribution in [1.82, 2.24) is 19.4 Å². The average molecular weight is 516 g/mol. The van der Waals surface area contributed by atoms with Gasteiger partial charge in [-0.2, -0.15) is 0 Å². The van der Waals surface area contributed by atoms with Crippen LogP contribution in [0, 0.1) is 24.6 Å². The fourth-order valence-corrected chi connectivity index (χ4v) is 5.39. The van der Waals surface area contributed by atoms with Crippen LogP contribution in [-0.2, 0) is 18.3 Å². The summed E-state index contributed by atoms with van der Waals surface area (Å²) in [5.74, 6) is 2.82. The monoisotopic (exact) mass is 515 g/mol. The van der Waals surface area contributed by atoms with Gasteiger partial charge in [0, 0.05) is 38.5 Å². The number of likely N-dealkylation sites (tertiary alicyclic amines) is 1. The number of anilines is 2. The van der Waals surface area contributed by atoms with Gasteiger partial charge in [-0.05, 0) is 61.1 Å². The SMILES string of the molecule is Cc1ccc(F)c(Nc2nc3cc(Oc4ccnc(CC(=O)CN5CC(C)CC(C)C5)c4)ccc3n2C)c1. The Bertz CT molecular complexity index is 1460. The zero-order valence-corrected chi connectivity index (χ0v) is 22.4. The molecule has 0 aliphatic carbocycles. The topological polar surface area (TPSA) is 72.3 Å². The third kappa shape index (κ3) is 6.02. The normalized spacial score (nSPS) is 18.0. The van der Waals surface area contributed by atoms with E-state index >= 15 is 0 Å². The lowest BCUT2D eigenvalue weighted by molar-refractivity contribution is -0.120. The third-order valence-electron chi connectivity index (χ3n) is 6.97. The maximum Gasteiger partial charge on any atom is 0.208 e. The van der Waals surface area contributed by atoms with Gasteiger partial charge in [0.25, 0.3) is 0 Å². The summed E-state index contributed by atoms with van der Waals surface area (Å²) in [6.07, 6.45) is 3.17. The van der Waals surface area contributed by atoms with Crippen molar-refractivity contribution in [2.24, 2.45) is 18.9 Å². The van der Waals surface area contributed by atoms with E-state index in [2.05, 4.69) is 34.0 Å². The molecule has 2 aromatic carbocycles. The number of aromatic nitrogens is 3. The Morgan fingerprint density at radius 2 is 1.84 bits per heavy atom. The van der Waals surface area contributed by atoms with Gasteiger partial charge in [-0.3, -0.25) is 14.7 Å². The second kappa shape index (κ2) is 10.9. The Labute approximate surface area is 222 Å². The molecule has 2 unspecified atom stereocenters. The third-order valence-corrected chi connectivity index (χ3v) is 6.97. The number of halogens is 1. The fourth-order valence-electron chi connectivity index (χ4n) is 5.39. The Kier molecular flexibility index (Phi) is 7.42. The first-order chi connectivity index (χ1) is 18.2. The van der Waals surface area contributed by atoms with E-state index in [4.69, 9.17) is 4.74 Å². The molecule has 2 aromatic heterocycles. The molecule has 3 heterocycles. The molecule has 0 amide bonds. The molecule has 1 fully saturated rings. The lowest BCUT2D eigenvalue weighted by Crippen LogP contribution is -2.41. The predicted octanol–water partition coefficient (Wildman–Crippen LogP) is 6.04. The number of carbonyl (C=O) groups is 1. The number of aryl methyl sites for hydroxylation is 2. The number of imidazole rings is 1. The van der Waals surface area contributed by atoms with Crippen molar-refractivity contribution in [3.63, 3.8) is 0 Å². The van der Waals surface area contributed by atoms with Crippen molar-refractivity contribution in [2.45, 2.75) is 33.6 Å². The fraction of sp³-hybridized carbons (Fsp3) is 0.367. The molecule has 1 saturated heterocycles. The molecule has 0 radical (unpaired) electrons. The van der Waals surface area contributed by atoms with E-state index < -0.39 is 0 Å². The van der Waals surface area contributed by atoms with Crippen molar-refractivity contribution in [3.05, 3.63) is 71.8 Å². The Morgan fingerprint density at radius 1 is 1.08 bits per heavy atom. The Hall–Kier alpha value is -3.78. The zero-order chi connectivity index (χ0) is 26.8. The van der Waals surface area contributed by atoms with Crippen molar-refractivity contribution >= 4 is 28.5 Å². The number of hydrogen-bond acceptors (Lipinski definition) is 6. The van der Waals surface area contributed by atoms with Crippen LogP contribution in [-0.4, -0.2) is 44.9 Å². The van der Waals surface area contributed by atoms with Crippen LogP contribution in [0.1, 0.15) is 31.5 Å². The molecule has 198 valence electrons. The smallest absolute Gasteiger partial charge is 0.208 e. The summed E-state index contributed by atoms with van der Waals surface area (Å²) in [5, 5.41) is 3.09. The standard InChI is InChI=1S/C30H34FN5O2/c1-19-5-7-26(31)27(12-19)33-30-34-28-15-24(6-8-29(28)35(30)4)38-25-9-10-32-22(14-25)13-23(37)18-36-16-20(2)11-21(3)17-36/h5-10,12,14-15,20-21H,11,13,16-18H2,1-4H3,(H,33,34). The number of nitrogens with zero attached hydrogens (tertiary/aromatic N) is 4. The first kappa shape index (κ1) is 25.9. The number of benzene rings is 2. The molecule has 0 saturated carbocycles. The van der Waals surface area contributed by atoms with Gasteiger partial charge >= 0.3 is 0 Å². The van der Waals surface area contributed by atoms with Gasteiger partial charge in [0.2, 0.25) is 5.95 Å². The van der Waals surface area contributed by atoms with Crippen LogP contribution in [0.2, 0.25) is 0 Å². The molecular formula is C30H34FN5O2. The summed E-state index contributed by atoms with van der Waals surface area (Å²) in [5.41, 5.74) is 3.63. The summed E-state index contributed by atoms with van der Waals surface area (Å²) in [4.78, 5) is 24.1. The summed E-state index contributed by atoms with van der Waals surface area (Å²) in [6.45, 7) is 8.82. The van der Waals surface area contributed by atoms with Crippen LogP contribution in [0.25, 0.3) is 11.0 Å². The number of carbonyl (C=O) groups excluding carboxylic acids is 1. The molecule has 38 heavy (non-hydrogen) atoms. The summed E-state index contributed by atoms with van der Waals surface area (Å²) in [6, 6.07) is 14.1. The number of nitrogens with one attached hydrogen (secondary N) is 1. The highest BCUT2D eigenvalue weighted by atomic mass is 19.1. The minimum atomic E-state index is -0.335. The molecule has 0 spiro atoms. The minimum absolute atomic E-state index is 0.163. The second-order valence-electron chi connectivity index (χ2n) is 10.7. The van der Waals surface area contributed by atoms with Crippen LogP contribution >= 0.6 is 0 Å². The van der Waals surface area contributed by atoms with Gasteiger partial charge in [0.05, 0.1) is 35.4 Å². The number of hydrogen-bond donors (Lipinski definition) is 1. The van der Waals surface area contributed by atoms with Crippen LogP contribution < -0.4 is 10.1 Å². The van der Waals surface area contributed by atoms with Gasteiger partial charge in [-0.15, -0.1) is 0 Å². The number of ether oxygens (including phenoxy) is 1. The van der Waals surface area contributed by atoms with E-state index in [1.165, 1.54) is 12.5 Å². The number of ketones is 1. The highest BCUT2D eigenvalue weighted by Gasteiger charge is 2.23. The predicted molar refractivity (Wildman–Crippen MR) is 148 cm³/mol. The number of fused-ring (bicyclic) bond motifs is 1. The number of rotatable bonds is 8. The average Bonchev–Trinajstić information content (AvgIpc) is 3.15. The molecule has 7 nitrogen and oxygen atoms in total. The van der Waals surface area contributed by atoms with Crippen LogP contribution in [0.5, 0.6) is 11.5 Å². The van der Waals surface area contributed by atoms with Crippen LogP contribution in [0.3, 0.4) is 0 Å². The second-order valence-corrected chi connectivity index (χ2v) is 10.7. The Morgan fingerprint density at radius 3 is 2.63 bits per heavy atom. The Balaban J connectivity index is 1.26. The van der Waals surface area contributed by atoms with Crippen molar-refractivity contribution < 1.29 is 13.9 Å². The maximum absolute atomic E-state index is 14.3. The van der Waals surface area contributed by atoms with Crippen molar-refractivity contribution in [3.8, 4) is 11.5 Å². The van der Waals surface area contributed by atoms with Gasteiger partial charge in [-0.25, -0.2) is 9.37 Å². The first-order valence-electron chi connectivity index (χ1n) is 13.1. The van der Waals surface area contributed by atoms with Crippen LogP contribution in [0.15, 0.2) is 54.7 Å². The van der Waals surface area contributed by atoms with Crippen molar-refractivity contribution in [2.75, 3.05) is 25.0 Å². The number of Topliss-reactive ketones (excluding diaryl/α,β-unsaturated/α-hetero) is 1. The summed E-state index contributed by atoms with van der Waals surface area (Å²) in [7, 11) is 1.88. The van der Waals surface area contributed by atoms with Gasteiger partial charge in [-0.1, -0.05) is 19.9 Å². The lowest BCUT2D eigenvalue weighted by atomic mass is 9.92. The van der Waals surface area contributed by atoms with Gasteiger partial charge in [0.15, 0.2) is 5.78 Å². The number of pyridine rings is 1. The summed E-state index contributed by atoms with van der Waals surface area (Å²) < 4.78 is 22.2. The quantitative estimate of drug-likeness (QED) is 0.308. The minimum Gasteiger partial charge on any atom is -0.457 e. The molecule has 4 aromatic rings. The van der Waals surface area contributed by atoms with E-state index in [1.54, 1.807) is 24.4 Å². The van der Waals surface area contributed by atoms with E-state index in [-0.39, 0.29) is 18.0 Å². The van der Waals surface area contributed by atoms with Crippen LogP contribution in [0.4, 0.5) is 16.0 Å². The lowest BCUT2D eigenvalue weighted by Gasteiger charge is -2.34. The van der Waals surface area contributed by atoms with Crippen molar-refractivity contribution in [1.29, 1.82) is 0 Å². The van der Waals surface area contributed by atoms with E-state index in [0.717, 1.165) is 29.7 Å². The van der Waals surface area contributed by atoms with E-state index in [0.29, 0.717) is 47.2 Å². The summed E-state index contributed by atoms with van der Waals surface area (Å²) >= 11 is 0. The molecule has 1 aliphatic rings. The molecule has 1 aliphatic heterocycles. The highest BCUT2D eigenvalue weighted by molar-refractivity contribution is 5.83. The molecular weight excluding hydrogens is 481 g/mol. The van der Waals surface area contributed by atoms with Gasteiger partial charge < -0.3 is 14.6 Å². The molecule has 0 bridgehead atoms. The zero-order valence-electron chi connectivity index (χ0n) is 22.4. The molecule has 1 N–H and O–H groups in total. The van der Waals surface area contributed by atoms with Gasteiger partial charge in [0.1, 0.15) is 17.3 Å². The van der Waals surface area contributed by atoms with E-state index in [1.807, 2.05) is 42.8 Å². The van der Waals surface area contributed by atoms with E-state index in [9.17, 15) is 9.18 Å². The highest BCUT2D eigenvalue weighted by Crippen LogP contribution is 2.29.